The molecule has 4 unspecified atom stereocenters. The van der Waals surface area contributed by atoms with Crippen molar-refractivity contribution in [1.29, 1.82) is 0 Å². The Balaban J connectivity index is 0.000000306. The van der Waals surface area contributed by atoms with Gasteiger partial charge in [0, 0.05) is 234 Å². The van der Waals surface area contributed by atoms with Crippen molar-refractivity contribution < 1.29 is 153 Å². The van der Waals surface area contributed by atoms with Crippen LogP contribution in [-0.2, 0) is 113 Å². The van der Waals surface area contributed by atoms with Crippen molar-refractivity contribution in [2.45, 2.75) is 160 Å². The van der Waals surface area contributed by atoms with E-state index in [4.69, 9.17) is 80.8 Å². The Morgan fingerprint density at radius 2 is 0.672 bits per heavy atom. The standard InChI is InChI=1S/C24H26N3.C23H24N3.C20H18N3.C19H16N3.C18H13FN3.5Ir/c1-7-18-11-12-19(15-22(18)25-6)24-26-13-14-27(24)23-20(16(2)3)9-8-10-21(23)17(4)5;1-15(2)19-8-7-9-20(16(3)4)22(19)26-13-12-25-23(26)18-11-10-17(5)21(14-18)24-6;1-5-16-9-10-17(13-18(16)21-4)20-22-11-12-23(20)19-14(2)7-6-8-15(19)3;1-13-8-9-16(12-17(13)20-4)19-21-10-11-22(19)18-14(2)6-5-7-15(18)3;1-12-5-4-6-13(2)17(12)22-10-9-21-18(22)14-7-8-15(19)16(11-14)20-3;;;;;/h8-11,13-17H,7H2,1-5H3;7-10,12-16H,1-5H3;6-9,11-13H,5H2,1-3H3;5-8,10-12H,1-3H3;4-6,8-11H,1-2H3;;;;;/q5*-1;;;;;/i1D3,2D3,4D3,7D2,13D,14D,16D,17D;1D3,3D3,5D3,15D,16D;11D,12D;1D3,10D,11D;9D,10D;;;;;. The summed E-state index contributed by atoms with van der Waals surface area (Å²) in [6.45, 7) is 35.1. The van der Waals surface area contributed by atoms with Crippen LogP contribution in [0.5, 0.6) is 0 Å². The van der Waals surface area contributed by atoms with Gasteiger partial charge in [-0.15, -0.1) is 117 Å². The van der Waals surface area contributed by atoms with E-state index in [2.05, 4.69) is 79.5 Å². The fourth-order valence-electron chi connectivity index (χ4n) is 13.2. The maximum absolute atomic E-state index is 13.6. The minimum absolute atomic E-state index is 0. The second-order valence-electron chi connectivity index (χ2n) is 27.0. The van der Waals surface area contributed by atoms with E-state index in [0.717, 1.165) is 105 Å². The van der Waals surface area contributed by atoms with Gasteiger partial charge in [-0.2, -0.15) is 24.3 Å². The van der Waals surface area contributed by atoms with Gasteiger partial charge in [0.1, 0.15) is 28.4 Å². The molecule has 5 radical (unpaired) electrons. The van der Waals surface area contributed by atoms with Crippen molar-refractivity contribution in [2.24, 2.45) is 0 Å². The first-order valence-corrected chi connectivity index (χ1v) is 36.7. The van der Waals surface area contributed by atoms with Crippen molar-refractivity contribution in [3.8, 4) is 85.4 Å². The summed E-state index contributed by atoms with van der Waals surface area (Å²) in [6, 6.07) is 52.6. The van der Waals surface area contributed by atoms with E-state index in [-0.39, 0.29) is 228 Å². The number of halogens is 1. The summed E-state index contributed by atoms with van der Waals surface area (Å²) < 4.78 is 301. The van der Waals surface area contributed by atoms with E-state index in [9.17, 15) is 4.39 Å². The van der Waals surface area contributed by atoms with Crippen LogP contribution in [0.25, 0.3) is 110 Å². The van der Waals surface area contributed by atoms with Gasteiger partial charge in [-0.25, -0.2) is 0 Å². The van der Waals surface area contributed by atoms with Crippen LogP contribution in [0.1, 0.15) is 218 Å². The molecule has 5 heterocycles. The molecule has 4 atom stereocenters. The van der Waals surface area contributed by atoms with Gasteiger partial charge in [-0.3, -0.25) is 53.5 Å². The third kappa shape index (κ3) is 23.3. The predicted octanol–water partition coefficient (Wildman–Crippen LogP) is 27.7. The fourth-order valence-corrected chi connectivity index (χ4v) is 13.2. The molecular formula is C104H97FIr5N15-5. The monoisotopic (exact) mass is 2570 g/mol. The molecule has 5 aromatic heterocycles. The van der Waals surface area contributed by atoms with Crippen LogP contribution in [0.15, 0.2) is 213 Å². The maximum atomic E-state index is 13.6. The average Bonchev–Trinajstić information content (AvgIpc) is 1.25. The summed E-state index contributed by atoms with van der Waals surface area (Å²) in [6.07, 6.45) is -1.33. The normalized spacial score (nSPS) is 17.1. The van der Waals surface area contributed by atoms with E-state index in [1.54, 1.807) is 25.8 Å². The summed E-state index contributed by atoms with van der Waals surface area (Å²) in [5.41, 5.74) is 8.30. The van der Waals surface area contributed by atoms with Crippen LogP contribution < -0.4 is 0 Å². The molecule has 0 spiro atoms. The molecule has 15 aromatic rings. The van der Waals surface area contributed by atoms with Crippen LogP contribution in [0.4, 0.5) is 32.8 Å². The maximum Gasteiger partial charge on any atom is 0.142 e. The molecule has 21 heteroatoms. The molecule has 0 aliphatic heterocycles. The van der Waals surface area contributed by atoms with Gasteiger partial charge in [0.25, 0.3) is 0 Å². The van der Waals surface area contributed by atoms with Crippen molar-refractivity contribution in [2.75, 3.05) is 0 Å². The van der Waals surface area contributed by atoms with E-state index in [1.807, 2.05) is 103 Å². The Kier molecular flexibility index (Phi) is 23.2. The number of rotatable bonds is 16. The van der Waals surface area contributed by atoms with E-state index in [0.29, 0.717) is 34.0 Å². The molecule has 0 saturated heterocycles. The fraction of sp³-hybridized carbons (Fsp3) is 0.231. The number of hydrogen-bond acceptors (Lipinski definition) is 5. The SMILES string of the molecule is [2H]C([2H])([2H])c1c[c-]c(-c2nccn2-c2c(C([2H])(C)C([2H])([2H])[2H])cccc2C([2H])(C)C([2H])([2H])[2H])cc1[N+]#[C-].[2H]c1nc(-c2[c-]cc(C([2H])([2H])C([2H])([2H])[2H])c([N+]#[C-])c2)n(-c2c(C([2H])(C)C([2H])([2H])[2H])cccc2C([2H])(C)C([2H])([2H])[2H])c1[2H].[2H]c1nc(-c2[c-]cc(C([2H])([2H])[2H])c([N+]#[C-])c2)n(-c2c(C)cccc2C)c1[2H].[2H]c1nc(-c2[c-]cc(CC)c([N+]#[C-])c2)n(-c2c(C)cccc2C)c1[2H].[2H]c1nc(-c2[c-]cc(F)c([N+]#[C-])c2)n(-c2c(C)cccc2C)c1[2H].[Ir].[Ir].[Ir].[Ir].[Ir]. The first-order valence-electron chi connectivity index (χ1n) is 54.2. The molecule has 0 saturated carbocycles. The molecule has 125 heavy (non-hydrogen) atoms. The van der Waals surface area contributed by atoms with Crippen LogP contribution in [-0.4, -0.2) is 47.8 Å². The molecule has 0 N–H and O–H groups in total. The molecule has 0 bridgehead atoms. The number of nitrogens with zero attached hydrogens (tertiary/aromatic N) is 15. The Morgan fingerprint density at radius 1 is 0.384 bits per heavy atom. The molecule has 10 aromatic carbocycles. The number of para-hydroxylation sites is 5. The zero-order valence-corrected chi connectivity index (χ0v) is 80.5. The van der Waals surface area contributed by atoms with Crippen LogP contribution in [0.2, 0.25) is 0 Å². The zero-order chi connectivity index (χ0) is 116. The van der Waals surface area contributed by atoms with Gasteiger partial charge in [-0.05, 0) is 121 Å². The van der Waals surface area contributed by atoms with Gasteiger partial charge >= 0.3 is 0 Å². The molecule has 645 valence electrons. The number of imidazole rings is 5. The Bertz CT molecular complexity index is 8030. The summed E-state index contributed by atoms with van der Waals surface area (Å²) in [7, 11) is 0. The largest absolute Gasteiger partial charge is 0.340 e. The van der Waals surface area contributed by atoms with Crippen molar-refractivity contribution in [3.05, 3.63) is 385 Å². The summed E-state index contributed by atoms with van der Waals surface area (Å²) in [5.74, 6) is -9.07. The Hall–Kier alpha value is -11.1. The van der Waals surface area contributed by atoms with Crippen LogP contribution in [0, 0.1) is 124 Å². The summed E-state index contributed by atoms with van der Waals surface area (Å²) >= 11 is 0. The first kappa shape index (κ1) is 61.3. The van der Waals surface area contributed by atoms with E-state index >= 15 is 0 Å². The number of benzene rings is 10. The smallest absolute Gasteiger partial charge is 0.142 e. The number of aryl methyl sites for hydroxylation is 10. The minimum Gasteiger partial charge on any atom is -0.340 e. The second kappa shape index (κ2) is 47.3. The van der Waals surface area contributed by atoms with E-state index < -0.39 is 107 Å². The molecule has 0 amide bonds. The average molecular weight is 2570 g/mol. The Labute approximate surface area is 854 Å². The van der Waals surface area contributed by atoms with Crippen molar-refractivity contribution in [3.63, 3.8) is 0 Å². The third-order valence-corrected chi connectivity index (χ3v) is 18.9. The van der Waals surface area contributed by atoms with Gasteiger partial charge in [0.15, 0.2) is 0 Å². The minimum atomic E-state index is -3.14. The van der Waals surface area contributed by atoms with Crippen molar-refractivity contribution >= 4 is 28.4 Å². The van der Waals surface area contributed by atoms with Gasteiger partial charge in [0.05, 0.1) is 72.9 Å². The number of aromatic nitrogens is 10. The molecule has 0 aliphatic carbocycles. The van der Waals surface area contributed by atoms with Gasteiger partial charge in [0.2, 0.25) is 0 Å². The zero-order valence-electron chi connectivity index (χ0n) is 104. The summed E-state index contributed by atoms with van der Waals surface area (Å²) in [5, 5.41) is 0. The molecule has 15 rings (SSSR count). The first-order chi connectivity index (χ1) is 71.6. The molecular weight excluding hydrogens is 2440 g/mol. The topological polar surface area (TPSA) is 111 Å². The van der Waals surface area contributed by atoms with Crippen molar-refractivity contribution in [1.82, 2.24) is 47.8 Å². The van der Waals surface area contributed by atoms with Crippen LogP contribution in [0.3, 0.4) is 0 Å². The van der Waals surface area contributed by atoms with Gasteiger partial charge in [-0.1, -0.05) is 186 Å². The molecule has 0 aliphatic rings. The number of hydrogen-bond donors (Lipinski definition) is 0. The predicted molar refractivity (Wildman–Crippen MR) is 483 cm³/mol. The Morgan fingerprint density at radius 3 is 1.00 bits per heavy atom. The van der Waals surface area contributed by atoms with E-state index in [1.165, 1.54) is 91.5 Å². The third-order valence-electron chi connectivity index (χ3n) is 18.9. The second-order valence-corrected chi connectivity index (χ2v) is 27.0. The molecule has 0 fully saturated rings. The summed E-state index contributed by atoms with van der Waals surface area (Å²) in [4.78, 5) is 37.5. The quantitative estimate of drug-likeness (QED) is 0.0895. The van der Waals surface area contributed by atoms with Crippen LogP contribution >= 0.6 is 0 Å². The van der Waals surface area contributed by atoms with Gasteiger partial charge < -0.3 is 22.8 Å². The molecule has 15 nitrogen and oxygen atoms in total.